The number of hydrogen-bond acceptors (Lipinski definition) is 5. The van der Waals surface area contributed by atoms with Crippen molar-refractivity contribution >= 4 is 17.7 Å². The number of aromatic nitrogens is 3. The van der Waals surface area contributed by atoms with Crippen molar-refractivity contribution in [3.63, 3.8) is 0 Å². The van der Waals surface area contributed by atoms with Crippen molar-refractivity contribution < 1.29 is 9.53 Å². The number of thioether (sulfide) groups is 1. The number of carbonyl (C=O) groups is 1. The van der Waals surface area contributed by atoms with E-state index in [0.29, 0.717) is 5.75 Å². The summed E-state index contributed by atoms with van der Waals surface area (Å²) in [5, 5.41) is 12.1. The smallest absolute Gasteiger partial charge is 0.230 e. The minimum atomic E-state index is 0.0494. The third kappa shape index (κ3) is 5.48. The van der Waals surface area contributed by atoms with Gasteiger partial charge in [-0.15, -0.1) is 10.2 Å². The molecule has 1 amide bonds. The number of aryl methyl sites for hydroxylation is 1. The number of carbonyl (C=O) groups excluding carboxylic acids is 1. The monoisotopic (exact) mass is 388 g/mol. The van der Waals surface area contributed by atoms with Crippen LogP contribution in [0.25, 0.3) is 5.69 Å². The zero-order valence-corrected chi connectivity index (χ0v) is 16.9. The SMILES string of the molecule is COc1ccc(-n2c(C)nnc2SCC(=O)NCCCC2CCCC2)cc1. The third-order valence-electron chi connectivity index (χ3n) is 5.04. The quantitative estimate of drug-likeness (QED) is 0.523. The molecule has 1 aromatic carbocycles. The number of ether oxygens (including phenoxy) is 1. The van der Waals surface area contributed by atoms with E-state index < -0.39 is 0 Å². The van der Waals surface area contributed by atoms with Crippen LogP contribution in [0.1, 0.15) is 44.3 Å². The second-order valence-electron chi connectivity index (χ2n) is 6.99. The summed E-state index contributed by atoms with van der Waals surface area (Å²) >= 11 is 1.41. The van der Waals surface area contributed by atoms with E-state index in [1.807, 2.05) is 35.8 Å². The van der Waals surface area contributed by atoms with Crippen molar-refractivity contribution in [1.29, 1.82) is 0 Å². The van der Waals surface area contributed by atoms with E-state index in [-0.39, 0.29) is 5.91 Å². The van der Waals surface area contributed by atoms with Gasteiger partial charge in [-0.3, -0.25) is 9.36 Å². The normalized spacial score (nSPS) is 14.4. The molecule has 1 N–H and O–H groups in total. The Labute approximate surface area is 165 Å². The maximum absolute atomic E-state index is 12.1. The lowest BCUT2D eigenvalue weighted by Gasteiger charge is -2.10. The number of rotatable bonds is 9. The summed E-state index contributed by atoms with van der Waals surface area (Å²) in [6.45, 7) is 2.67. The molecule has 0 atom stereocenters. The molecule has 0 spiro atoms. The van der Waals surface area contributed by atoms with Crippen LogP contribution < -0.4 is 10.1 Å². The summed E-state index contributed by atoms with van der Waals surface area (Å²) in [6, 6.07) is 7.73. The molecule has 0 bridgehead atoms. The first kappa shape index (κ1) is 19.7. The van der Waals surface area contributed by atoms with Crippen molar-refractivity contribution in [1.82, 2.24) is 20.1 Å². The van der Waals surface area contributed by atoms with Crippen LogP contribution in [-0.2, 0) is 4.79 Å². The zero-order chi connectivity index (χ0) is 19.1. The Balaban J connectivity index is 1.48. The number of amides is 1. The average molecular weight is 389 g/mol. The molecule has 27 heavy (non-hydrogen) atoms. The van der Waals surface area contributed by atoms with E-state index in [9.17, 15) is 4.79 Å². The molecule has 1 heterocycles. The largest absolute Gasteiger partial charge is 0.497 e. The van der Waals surface area contributed by atoms with Crippen molar-refractivity contribution in [2.24, 2.45) is 5.92 Å². The number of benzene rings is 1. The van der Waals surface area contributed by atoms with Crippen LogP contribution in [0.4, 0.5) is 0 Å². The Morgan fingerprint density at radius 1 is 1.26 bits per heavy atom. The van der Waals surface area contributed by atoms with E-state index >= 15 is 0 Å². The number of methoxy groups -OCH3 is 1. The van der Waals surface area contributed by atoms with Gasteiger partial charge in [0.2, 0.25) is 5.91 Å². The first-order valence-corrected chi connectivity index (χ1v) is 10.6. The van der Waals surface area contributed by atoms with Gasteiger partial charge in [0.25, 0.3) is 0 Å². The van der Waals surface area contributed by atoms with Crippen LogP contribution in [0.5, 0.6) is 5.75 Å². The van der Waals surface area contributed by atoms with Gasteiger partial charge in [-0.25, -0.2) is 0 Å². The number of nitrogens with one attached hydrogen (secondary N) is 1. The lowest BCUT2D eigenvalue weighted by Crippen LogP contribution is -2.26. The van der Waals surface area contributed by atoms with Gasteiger partial charge in [0.1, 0.15) is 11.6 Å². The Morgan fingerprint density at radius 2 is 2.00 bits per heavy atom. The van der Waals surface area contributed by atoms with Gasteiger partial charge in [-0.05, 0) is 49.9 Å². The molecule has 2 aromatic rings. The molecule has 1 aliphatic carbocycles. The highest BCUT2D eigenvalue weighted by atomic mass is 32.2. The molecule has 0 unspecified atom stereocenters. The van der Waals surface area contributed by atoms with Gasteiger partial charge < -0.3 is 10.1 Å². The average Bonchev–Trinajstić information content (AvgIpc) is 3.33. The molecule has 1 aromatic heterocycles. The van der Waals surface area contributed by atoms with Crippen molar-refractivity contribution in [2.45, 2.75) is 50.6 Å². The highest BCUT2D eigenvalue weighted by Gasteiger charge is 2.15. The Morgan fingerprint density at radius 3 is 2.70 bits per heavy atom. The standard InChI is InChI=1S/C20H28N4O2S/c1-15-22-23-20(24(15)17-9-11-18(26-2)12-10-17)27-14-19(25)21-13-5-8-16-6-3-4-7-16/h9-12,16H,3-8,13-14H2,1-2H3,(H,21,25). The third-order valence-corrected chi connectivity index (χ3v) is 5.97. The Hall–Kier alpha value is -2.02. The maximum Gasteiger partial charge on any atom is 0.230 e. The molecule has 1 aliphatic rings. The van der Waals surface area contributed by atoms with Crippen molar-refractivity contribution in [3.05, 3.63) is 30.1 Å². The van der Waals surface area contributed by atoms with Gasteiger partial charge in [-0.1, -0.05) is 37.4 Å². The molecule has 1 saturated carbocycles. The highest BCUT2D eigenvalue weighted by molar-refractivity contribution is 7.99. The second-order valence-corrected chi connectivity index (χ2v) is 7.94. The fourth-order valence-corrected chi connectivity index (χ4v) is 4.39. The van der Waals surface area contributed by atoms with Crippen molar-refractivity contribution in [2.75, 3.05) is 19.4 Å². The van der Waals surface area contributed by atoms with E-state index in [2.05, 4.69) is 15.5 Å². The van der Waals surface area contributed by atoms with Gasteiger partial charge in [0, 0.05) is 12.2 Å². The first-order valence-electron chi connectivity index (χ1n) is 9.63. The van der Waals surface area contributed by atoms with Crippen LogP contribution in [0.15, 0.2) is 29.4 Å². The summed E-state index contributed by atoms with van der Waals surface area (Å²) in [4.78, 5) is 12.1. The zero-order valence-electron chi connectivity index (χ0n) is 16.1. The second kappa shape index (κ2) is 9.78. The molecule has 6 nitrogen and oxygen atoms in total. The van der Waals surface area contributed by atoms with Crippen LogP contribution in [-0.4, -0.2) is 40.1 Å². The number of hydrogen-bond donors (Lipinski definition) is 1. The summed E-state index contributed by atoms with van der Waals surface area (Å²) in [5.41, 5.74) is 0.956. The van der Waals surface area contributed by atoms with E-state index in [0.717, 1.165) is 41.3 Å². The molecule has 146 valence electrons. The van der Waals surface area contributed by atoms with Crippen LogP contribution in [0.2, 0.25) is 0 Å². The fraction of sp³-hybridized carbons (Fsp3) is 0.550. The fourth-order valence-electron chi connectivity index (χ4n) is 3.56. The summed E-state index contributed by atoms with van der Waals surface area (Å²) in [5.74, 6) is 2.86. The predicted octanol–water partition coefficient (Wildman–Crippen LogP) is 3.76. The van der Waals surface area contributed by atoms with Gasteiger partial charge in [0.05, 0.1) is 12.9 Å². The maximum atomic E-state index is 12.1. The lowest BCUT2D eigenvalue weighted by atomic mass is 10.0. The van der Waals surface area contributed by atoms with Crippen LogP contribution >= 0.6 is 11.8 Å². The molecule has 0 aliphatic heterocycles. The first-order chi connectivity index (χ1) is 13.2. The molecule has 3 rings (SSSR count). The van der Waals surface area contributed by atoms with E-state index in [1.165, 1.54) is 43.9 Å². The molecule has 0 radical (unpaired) electrons. The molecule has 1 fully saturated rings. The van der Waals surface area contributed by atoms with Crippen LogP contribution in [0.3, 0.4) is 0 Å². The highest BCUT2D eigenvalue weighted by Crippen LogP contribution is 2.28. The predicted molar refractivity (Wildman–Crippen MR) is 108 cm³/mol. The molecular formula is C20H28N4O2S. The van der Waals surface area contributed by atoms with Gasteiger partial charge >= 0.3 is 0 Å². The van der Waals surface area contributed by atoms with E-state index in [1.54, 1.807) is 7.11 Å². The van der Waals surface area contributed by atoms with Crippen LogP contribution in [0, 0.1) is 12.8 Å². The molecule has 0 saturated heterocycles. The minimum absolute atomic E-state index is 0.0494. The summed E-state index contributed by atoms with van der Waals surface area (Å²) in [6.07, 6.45) is 7.79. The van der Waals surface area contributed by atoms with Gasteiger partial charge in [-0.2, -0.15) is 0 Å². The summed E-state index contributed by atoms with van der Waals surface area (Å²) in [7, 11) is 1.65. The summed E-state index contributed by atoms with van der Waals surface area (Å²) < 4.78 is 7.16. The topological polar surface area (TPSA) is 69.0 Å². The Bertz CT molecular complexity index is 739. The number of nitrogens with zero attached hydrogens (tertiary/aromatic N) is 3. The van der Waals surface area contributed by atoms with Gasteiger partial charge in [0.15, 0.2) is 5.16 Å². The van der Waals surface area contributed by atoms with Crippen molar-refractivity contribution in [3.8, 4) is 11.4 Å². The lowest BCUT2D eigenvalue weighted by molar-refractivity contribution is -0.118. The molecule has 7 heteroatoms. The minimum Gasteiger partial charge on any atom is -0.497 e. The Kier molecular flexibility index (Phi) is 7.15. The molecular weight excluding hydrogens is 360 g/mol. The van der Waals surface area contributed by atoms with E-state index in [4.69, 9.17) is 4.74 Å².